The molecular weight excluding hydrogens is 314 g/mol. The van der Waals surface area contributed by atoms with Crippen molar-refractivity contribution in [2.45, 2.75) is 50.5 Å². The van der Waals surface area contributed by atoms with Crippen LogP contribution in [0.25, 0.3) is 0 Å². The number of nitrogens with one attached hydrogen (secondary N) is 2. The zero-order valence-electron chi connectivity index (χ0n) is 14.2. The van der Waals surface area contributed by atoms with Crippen molar-refractivity contribution in [2.75, 3.05) is 16.4 Å². The van der Waals surface area contributed by atoms with E-state index in [9.17, 15) is 4.79 Å². The van der Waals surface area contributed by atoms with E-state index in [4.69, 9.17) is 5.73 Å². The van der Waals surface area contributed by atoms with E-state index in [1.165, 1.54) is 12.8 Å². The third-order valence-electron chi connectivity index (χ3n) is 4.82. The second-order valence-electron chi connectivity index (χ2n) is 6.98. The highest BCUT2D eigenvalue weighted by atomic mass is 16.1. The highest BCUT2D eigenvalue weighted by Crippen LogP contribution is 2.40. The molecule has 0 radical (unpaired) electrons. The summed E-state index contributed by atoms with van der Waals surface area (Å²) in [5.41, 5.74) is 7.87. The maximum atomic E-state index is 12.5. The normalized spacial score (nSPS) is 17.4. The minimum atomic E-state index is -0.209. The molecule has 4 rings (SSSR count). The molecule has 130 valence electrons. The van der Waals surface area contributed by atoms with E-state index in [1.54, 1.807) is 24.3 Å². The fourth-order valence-electron chi connectivity index (χ4n) is 3.30. The molecule has 2 saturated carbocycles. The number of benzene rings is 1. The van der Waals surface area contributed by atoms with Gasteiger partial charge in [-0.1, -0.05) is 18.9 Å². The molecule has 1 aromatic heterocycles. The molecule has 1 amide bonds. The average Bonchev–Trinajstić information content (AvgIpc) is 3.33. The van der Waals surface area contributed by atoms with Crippen LogP contribution in [0.2, 0.25) is 0 Å². The van der Waals surface area contributed by atoms with E-state index in [1.807, 2.05) is 6.07 Å². The van der Waals surface area contributed by atoms with Crippen LogP contribution >= 0.6 is 0 Å². The molecule has 1 aromatic carbocycles. The predicted molar refractivity (Wildman–Crippen MR) is 98.7 cm³/mol. The summed E-state index contributed by atoms with van der Waals surface area (Å²) in [6.45, 7) is 0. The van der Waals surface area contributed by atoms with Gasteiger partial charge in [0.15, 0.2) is 0 Å². The van der Waals surface area contributed by atoms with Crippen LogP contribution in [0.1, 0.15) is 60.5 Å². The summed E-state index contributed by atoms with van der Waals surface area (Å²) >= 11 is 0. The van der Waals surface area contributed by atoms with Gasteiger partial charge in [-0.15, -0.1) is 0 Å². The first kappa shape index (κ1) is 15.9. The van der Waals surface area contributed by atoms with Crippen molar-refractivity contribution in [3.63, 3.8) is 0 Å². The number of carbonyl (C=O) groups excluding carboxylic acids is 1. The maximum Gasteiger partial charge on any atom is 0.256 e. The number of nitrogen functional groups attached to an aromatic ring is 1. The van der Waals surface area contributed by atoms with Crippen LogP contribution in [0.15, 0.2) is 30.3 Å². The van der Waals surface area contributed by atoms with E-state index in [-0.39, 0.29) is 5.91 Å². The lowest BCUT2D eigenvalue weighted by Crippen LogP contribution is -2.19. The molecule has 0 unspecified atom stereocenters. The third kappa shape index (κ3) is 3.90. The Bertz CT molecular complexity index is 781. The standard InChI is InChI=1S/C19H23N5O/c20-14-5-3-4-13(10-14)18(25)23-17-11-16(12-8-9-12)22-19(24-17)21-15-6-1-2-7-15/h3-5,10-12,15H,1-2,6-9,20H2,(H2,21,22,23,24,25). The van der Waals surface area contributed by atoms with E-state index in [0.717, 1.165) is 31.4 Å². The van der Waals surface area contributed by atoms with Gasteiger partial charge >= 0.3 is 0 Å². The molecule has 2 aromatic rings. The van der Waals surface area contributed by atoms with Crippen LogP contribution < -0.4 is 16.4 Å². The zero-order valence-corrected chi connectivity index (χ0v) is 14.2. The van der Waals surface area contributed by atoms with Gasteiger partial charge in [0, 0.05) is 29.3 Å². The summed E-state index contributed by atoms with van der Waals surface area (Å²) in [5, 5.41) is 6.32. The lowest BCUT2D eigenvalue weighted by atomic mass is 10.2. The molecule has 1 heterocycles. The number of carbonyl (C=O) groups is 1. The van der Waals surface area contributed by atoms with Gasteiger partial charge < -0.3 is 16.4 Å². The lowest BCUT2D eigenvalue weighted by Gasteiger charge is -2.14. The third-order valence-corrected chi connectivity index (χ3v) is 4.82. The minimum Gasteiger partial charge on any atom is -0.399 e. The van der Waals surface area contributed by atoms with Crippen molar-refractivity contribution in [2.24, 2.45) is 0 Å². The number of nitrogens with zero attached hydrogens (tertiary/aromatic N) is 2. The van der Waals surface area contributed by atoms with Crippen LogP contribution in [0.3, 0.4) is 0 Å². The zero-order chi connectivity index (χ0) is 17.2. The Morgan fingerprint density at radius 2 is 1.88 bits per heavy atom. The fraction of sp³-hybridized carbons (Fsp3) is 0.421. The molecule has 2 aliphatic rings. The summed E-state index contributed by atoms with van der Waals surface area (Å²) in [6.07, 6.45) is 7.12. The van der Waals surface area contributed by atoms with Gasteiger partial charge in [-0.25, -0.2) is 4.98 Å². The fourth-order valence-corrected chi connectivity index (χ4v) is 3.30. The quantitative estimate of drug-likeness (QED) is 0.726. The summed E-state index contributed by atoms with van der Waals surface area (Å²) in [4.78, 5) is 21.6. The number of rotatable bonds is 5. The van der Waals surface area contributed by atoms with E-state index < -0.39 is 0 Å². The van der Waals surface area contributed by atoms with Gasteiger partial charge in [0.1, 0.15) is 5.82 Å². The van der Waals surface area contributed by atoms with Crippen LogP contribution in [-0.4, -0.2) is 21.9 Å². The number of anilines is 3. The Labute approximate surface area is 147 Å². The van der Waals surface area contributed by atoms with Gasteiger partial charge in [-0.05, 0) is 43.9 Å². The topological polar surface area (TPSA) is 92.9 Å². The van der Waals surface area contributed by atoms with Gasteiger partial charge in [-0.3, -0.25) is 4.79 Å². The summed E-state index contributed by atoms with van der Waals surface area (Å²) in [5.74, 6) is 1.46. The van der Waals surface area contributed by atoms with Gasteiger partial charge in [-0.2, -0.15) is 4.98 Å². The van der Waals surface area contributed by atoms with Gasteiger partial charge in [0.05, 0.1) is 5.69 Å². The first-order valence-electron chi connectivity index (χ1n) is 9.00. The van der Waals surface area contributed by atoms with Crippen LogP contribution in [0.4, 0.5) is 17.5 Å². The number of amides is 1. The second-order valence-corrected chi connectivity index (χ2v) is 6.98. The Hall–Kier alpha value is -2.63. The van der Waals surface area contributed by atoms with Crippen molar-refractivity contribution in [3.8, 4) is 0 Å². The molecule has 6 heteroatoms. The monoisotopic (exact) mass is 337 g/mol. The van der Waals surface area contributed by atoms with Crippen molar-refractivity contribution in [1.29, 1.82) is 0 Å². The number of aromatic nitrogens is 2. The maximum absolute atomic E-state index is 12.5. The molecule has 25 heavy (non-hydrogen) atoms. The SMILES string of the molecule is Nc1cccc(C(=O)Nc2cc(C3CC3)nc(NC3CCCC3)n2)c1. The molecule has 0 aliphatic heterocycles. The van der Waals surface area contributed by atoms with Crippen LogP contribution in [0, 0.1) is 0 Å². The number of hydrogen-bond acceptors (Lipinski definition) is 5. The molecule has 4 N–H and O–H groups in total. The van der Waals surface area contributed by atoms with E-state index in [2.05, 4.69) is 20.6 Å². The van der Waals surface area contributed by atoms with Crippen molar-refractivity contribution >= 4 is 23.4 Å². The molecule has 6 nitrogen and oxygen atoms in total. The Balaban J connectivity index is 1.55. The number of nitrogens with two attached hydrogens (primary N) is 1. The van der Waals surface area contributed by atoms with E-state index >= 15 is 0 Å². The summed E-state index contributed by atoms with van der Waals surface area (Å²) in [7, 11) is 0. The Kier molecular flexibility index (Phi) is 4.26. The second kappa shape index (κ2) is 6.70. The first-order valence-corrected chi connectivity index (χ1v) is 9.00. The Morgan fingerprint density at radius 1 is 1.08 bits per heavy atom. The van der Waals surface area contributed by atoms with E-state index in [0.29, 0.717) is 35.0 Å². The van der Waals surface area contributed by atoms with Crippen molar-refractivity contribution in [1.82, 2.24) is 9.97 Å². The molecule has 0 saturated heterocycles. The molecule has 2 aliphatic carbocycles. The number of hydrogen-bond donors (Lipinski definition) is 3. The molecule has 2 fully saturated rings. The highest BCUT2D eigenvalue weighted by molar-refractivity contribution is 6.04. The van der Waals surface area contributed by atoms with Crippen molar-refractivity contribution in [3.05, 3.63) is 41.6 Å². The lowest BCUT2D eigenvalue weighted by molar-refractivity contribution is 0.102. The molecular formula is C19H23N5O. The highest BCUT2D eigenvalue weighted by Gasteiger charge is 2.27. The molecule has 0 bridgehead atoms. The van der Waals surface area contributed by atoms with Gasteiger partial charge in [0.25, 0.3) is 5.91 Å². The average molecular weight is 337 g/mol. The first-order chi connectivity index (χ1) is 12.2. The van der Waals surface area contributed by atoms with Crippen molar-refractivity contribution < 1.29 is 4.79 Å². The molecule has 0 spiro atoms. The van der Waals surface area contributed by atoms with Gasteiger partial charge in [0.2, 0.25) is 5.95 Å². The largest absolute Gasteiger partial charge is 0.399 e. The minimum absolute atomic E-state index is 0.209. The van der Waals surface area contributed by atoms with Crippen LogP contribution in [0.5, 0.6) is 0 Å². The molecule has 0 atom stereocenters. The van der Waals surface area contributed by atoms with Crippen LogP contribution in [-0.2, 0) is 0 Å². The smallest absolute Gasteiger partial charge is 0.256 e. The summed E-state index contributed by atoms with van der Waals surface area (Å²) in [6, 6.07) is 9.26. The predicted octanol–water partition coefficient (Wildman–Crippen LogP) is 3.54. The Morgan fingerprint density at radius 3 is 2.60 bits per heavy atom. The summed E-state index contributed by atoms with van der Waals surface area (Å²) < 4.78 is 0.